The first kappa shape index (κ1) is 24.1. The number of hydrogen-bond donors (Lipinski definition) is 0. The van der Waals surface area contributed by atoms with Crippen LogP contribution in [0.5, 0.6) is 23.3 Å². The second kappa shape index (κ2) is 8.80. The molecule has 0 saturated heterocycles. The lowest BCUT2D eigenvalue weighted by Crippen LogP contribution is -2.09. The van der Waals surface area contributed by atoms with Crippen molar-refractivity contribution in [1.82, 2.24) is 9.97 Å². The van der Waals surface area contributed by atoms with Crippen LogP contribution >= 0.6 is 0 Å². The van der Waals surface area contributed by atoms with Crippen LogP contribution in [0.2, 0.25) is 0 Å². The van der Waals surface area contributed by atoms with Crippen LogP contribution in [0, 0.1) is 20.2 Å². The van der Waals surface area contributed by atoms with Crippen LogP contribution in [0.25, 0.3) is 0 Å². The third-order valence-electron chi connectivity index (χ3n) is 3.98. The highest BCUT2D eigenvalue weighted by Gasteiger charge is 2.37. The average Bonchev–Trinajstić information content (AvgIpc) is 2.72. The number of rotatable bonds is 6. The Morgan fingerprint density at radius 2 is 1.09 bits per heavy atom. The van der Waals surface area contributed by atoms with Gasteiger partial charge in [0.15, 0.2) is 0 Å². The van der Waals surface area contributed by atoms with E-state index < -0.39 is 68.0 Å². The third kappa shape index (κ3) is 5.45. The molecule has 10 nitrogen and oxygen atoms in total. The molecule has 0 N–H and O–H groups in total. The lowest BCUT2D eigenvalue weighted by atomic mass is 10.1. The Morgan fingerprint density at radius 3 is 1.41 bits per heavy atom. The molecule has 0 spiro atoms. The molecule has 0 aliphatic heterocycles. The summed E-state index contributed by atoms with van der Waals surface area (Å²) in [6, 6.07) is 3.27. The van der Waals surface area contributed by atoms with Crippen LogP contribution in [0.1, 0.15) is 11.1 Å². The first-order chi connectivity index (χ1) is 15.8. The van der Waals surface area contributed by atoms with Gasteiger partial charge in [0.1, 0.15) is 22.6 Å². The molecule has 0 saturated carbocycles. The van der Waals surface area contributed by atoms with Gasteiger partial charge < -0.3 is 9.47 Å². The summed E-state index contributed by atoms with van der Waals surface area (Å²) in [5.74, 6) is -3.08. The smallest absolute Gasteiger partial charge is 0.420 e. The molecule has 34 heavy (non-hydrogen) atoms. The van der Waals surface area contributed by atoms with Crippen molar-refractivity contribution in [1.29, 1.82) is 0 Å². The molecule has 0 bridgehead atoms. The van der Waals surface area contributed by atoms with Gasteiger partial charge in [0, 0.05) is 24.3 Å². The largest absolute Gasteiger partial charge is 0.437 e. The molecule has 0 amide bonds. The zero-order chi connectivity index (χ0) is 25.3. The molecule has 3 aromatic rings. The summed E-state index contributed by atoms with van der Waals surface area (Å²) in [5.41, 5.74) is -4.74. The van der Waals surface area contributed by atoms with Crippen molar-refractivity contribution in [2.75, 3.05) is 0 Å². The highest BCUT2D eigenvalue weighted by molar-refractivity contribution is 5.48. The second-order valence-corrected chi connectivity index (χ2v) is 6.27. The Labute approximate surface area is 183 Å². The van der Waals surface area contributed by atoms with Gasteiger partial charge >= 0.3 is 12.4 Å². The minimum absolute atomic E-state index is 0.232. The fourth-order valence-electron chi connectivity index (χ4n) is 2.54. The predicted octanol–water partition coefficient (Wildman–Crippen LogP) is 5.92. The first-order valence-corrected chi connectivity index (χ1v) is 8.64. The third-order valence-corrected chi connectivity index (χ3v) is 3.98. The fraction of sp³-hybridized carbons (Fsp3) is 0.111. The maximum absolute atomic E-state index is 13.3. The van der Waals surface area contributed by atoms with Crippen LogP contribution in [-0.4, -0.2) is 19.8 Å². The van der Waals surface area contributed by atoms with Gasteiger partial charge in [0.05, 0.1) is 22.2 Å². The number of halogens is 6. The number of alkyl halides is 6. The fourth-order valence-corrected chi connectivity index (χ4v) is 2.54. The highest BCUT2D eigenvalue weighted by Crippen LogP contribution is 2.41. The predicted molar refractivity (Wildman–Crippen MR) is 98.4 cm³/mol. The molecule has 1 aromatic heterocycles. The molecule has 0 radical (unpaired) electrons. The number of nitrogens with zero attached hydrogens (tertiary/aromatic N) is 4. The summed E-state index contributed by atoms with van der Waals surface area (Å²) >= 11 is 0. The molecular weight excluding hydrogens is 482 g/mol. The minimum atomic E-state index is -5.05. The standard InChI is InChI=1S/C18H8F6N4O6/c19-17(20,21)11-5-9(27(29)30)1-3-13(11)33-15-7-25-8-16(26-15)34-14-4-2-10(28(31)32)6-12(14)18(22,23)24/h1-8H. The highest BCUT2D eigenvalue weighted by atomic mass is 19.4. The van der Waals surface area contributed by atoms with Crippen molar-refractivity contribution < 1.29 is 45.7 Å². The SMILES string of the molecule is O=[N+]([O-])c1ccc(Oc2cncc(Oc3ccc([N+](=O)[O-])cc3C(F)(F)F)n2)c(C(F)(F)F)c1. The number of benzene rings is 2. The topological polar surface area (TPSA) is 131 Å². The second-order valence-electron chi connectivity index (χ2n) is 6.27. The monoisotopic (exact) mass is 490 g/mol. The maximum atomic E-state index is 13.3. The molecule has 178 valence electrons. The Balaban J connectivity index is 1.95. The normalized spacial score (nSPS) is 11.7. The van der Waals surface area contributed by atoms with E-state index in [-0.39, 0.29) is 12.1 Å². The van der Waals surface area contributed by atoms with E-state index in [4.69, 9.17) is 9.47 Å². The molecule has 2 aromatic carbocycles. The van der Waals surface area contributed by atoms with Crippen molar-refractivity contribution >= 4 is 11.4 Å². The molecule has 1 heterocycles. The summed E-state index contributed by atoms with van der Waals surface area (Å²) in [6.45, 7) is 0. The van der Waals surface area contributed by atoms with E-state index in [1.54, 1.807) is 0 Å². The minimum Gasteiger partial charge on any atom is -0.437 e. The van der Waals surface area contributed by atoms with Gasteiger partial charge in [-0.2, -0.15) is 31.3 Å². The summed E-state index contributed by atoms with van der Waals surface area (Å²) in [7, 11) is 0. The zero-order valence-electron chi connectivity index (χ0n) is 16.1. The van der Waals surface area contributed by atoms with Crippen molar-refractivity contribution in [2.45, 2.75) is 12.4 Å². The van der Waals surface area contributed by atoms with Crippen LogP contribution in [-0.2, 0) is 12.4 Å². The average molecular weight is 490 g/mol. The Bertz CT molecular complexity index is 1170. The van der Waals surface area contributed by atoms with Crippen LogP contribution in [0.3, 0.4) is 0 Å². The van der Waals surface area contributed by atoms with Crippen molar-refractivity contribution in [2.24, 2.45) is 0 Å². The molecule has 0 fully saturated rings. The van der Waals surface area contributed by atoms with Crippen molar-refractivity contribution in [3.8, 4) is 23.3 Å². The number of ether oxygens (including phenoxy) is 2. The molecule has 16 heteroatoms. The number of nitro groups is 2. The number of non-ortho nitro benzene ring substituents is 2. The van der Waals surface area contributed by atoms with E-state index in [1.807, 2.05) is 0 Å². The lowest BCUT2D eigenvalue weighted by Gasteiger charge is -2.14. The first-order valence-electron chi connectivity index (χ1n) is 8.64. The molecule has 3 rings (SSSR count). The van der Waals surface area contributed by atoms with E-state index >= 15 is 0 Å². The van der Waals surface area contributed by atoms with Crippen LogP contribution in [0.15, 0.2) is 48.8 Å². The van der Waals surface area contributed by atoms with Crippen LogP contribution in [0.4, 0.5) is 37.7 Å². The van der Waals surface area contributed by atoms with Crippen molar-refractivity contribution in [3.63, 3.8) is 0 Å². The Hall–Kier alpha value is -4.50. The lowest BCUT2D eigenvalue weighted by molar-refractivity contribution is -0.385. The van der Waals surface area contributed by atoms with Gasteiger partial charge in [-0.15, -0.1) is 0 Å². The van der Waals surface area contributed by atoms with Gasteiger partial charge in [-0.1, -0.05) is 0 Å². The van der Waals surface area contributed by atoms with Gasteiger partial charge in [0.2, 0.25) is 11.8 Å². The molecular formula is C18H8F6N4O6. The summed E-state index contributed by atoms with van der Waals surface area (Å²) < 4.78 is 89.7. The summed E-state index contributed by atoms with van der Waals surface area (Å²) in [6.07, 6.45) is -8.48. The zero-order valence-corrected chi connectivity index (χ0v) is 16.1. The maximum Gasteiger partial charge on any atom is 0.420 e. The van der Waals surface area contributed by atoms with Crippen molar-refractivity contribution in [3.05, 3.63) is 80.1 Å². The van der Waals surface area contributed by atoms with E-state index in [1.165, 1.54) is 0 Å². The number of aromatic nitrogens is 2. The van der Waals surface area contributed by atoms with E-state index in [2.05, 4.69) is 9.97 Å². The van der Waals surface area contributed by atoms with Gasteiger partial charge in [-0.25, -0.2) is 0 Å². The van der Waals surface area contributed by atoms with Gasteiger partial charge in [0.25, 0.3) is 11.4 Å². The number of nitro benzene ring substituents is 2. The molecule has 0 aliphatic rings. The Morgan fingerprint density at radius 1 is 0.706 bits per heavy atom. The van der Waals surface area contributed by atoms with Gasteiger partial charge in [-0.05, 0) is 12.1 Å². The molecule has 0 aliphatic carbocycles. The summed E-state index contributed by atoms with van der Waals surface area (Å²) in [5, 5.41) is 21.5. The summed E-state index contributed by atoms with van der Waals surface area (Å²) in [4.78, 5) is 26.6. The van der Waals surface area contributed by atoms with Crippen LogP contribution < -0.4 is 9.47 Å². The van der Waals surface area contributed by atoms with E-state index in [0.29, 0.717) is 12.1 Å². The van der Waals surface area contributed by atoms with E-state index in [9.17, 15) is 46.6 Å². The Kier molecular flexibility index (Phi) is 6.25. The quantitative estimate of drug-likeness (QED) is 0.237. The molecule has 0 atom stereocenters. The van der Waals surface area contributed by atoms with Gasteiger partial charge in [-0.3, -0.25) is 25.2 Å². The number of hydrogen-bond acceptors (Lipinski definition) is 8. The van der Waals surface area contributed by atoms with E-state index in [0.717, 1.165) is 24.5 Å². The molecule has 0 unspecified atom stereocenters.